The second kappa shape index (κ2) is 7.33. The van der Waals surface area contributed by atoms with Crippen LogP contribution in [0.5, 0.6) is 0 Å². The monoisotopic (exact) mass is 292 g/mol. The second-order valence-corrected chi connectivity index (χ2v) is 5.61. The summed E-state index contributed by atoms with van der Waals surface area (Å²) in [5.74, 6) is -0.273. The summed E-state index contributed by atoms with van der Waals surface area (Å²) in [5.41, 5.74) is 1.90. The van der Waals surface area contributed by atoms with Gasteiger partial charge in [0, 0.05) is 6.54 Å². The number of nitrogens with one attached hydrogen (secondary N) is 1. The molecule has 1 fully saturated rings. The van der Waals surface area contributed by atoms with E-state index in [1.807, 2.05) is 6.92 Å². The van der Waals surface area contributed by atoms with Crippen molar-refractivity contribution in [3.63, 3.8) is 0 Å². The van der Waals surface area contributed by atoms with Gasteiger partial charge in [0.1, 0.15) is 0 Å². The van der Waals surface area contributed by atoms with E-state index in [4.69, 9.17) is 0 Å². The molecule has 0 radical (unpaired) electrons. The highest BCUT2D eigenvalue weighted by Gasteiger charge is 2.30. The van der Waals surface area contributed by atoms with Crippen LogP contribution in [0.4, 0.5) is 5.95 Å². The molecule has 0 aliphatic heterocycles. The van der Waals surface area contributed by atoms with E-state index in [1.165, 1.54) is 0 Å². The van der Waals surface area contributed by atoms with Gasteiger partial charge in [-0.15, -0.1) is 5.10 Å². The standard InChI is InChI=1S/C15H24N4O2/c1-3-12-13(4-2)18-19-15(17-12)16-9-10-7-5-6-8-11(10)14(20)21/h10-11H,3-9H2,1-2H3,(H,20,21)(H,16,17,19). The van der Waals surface area contributed by atoms with Gasteiger partial charge in [0.2, 0.25) is 5.95 Å². The zero-order chi connectivity index (χ0) is 15.2. The number of aliphatic carboxylic acids is 1. The zero-order valence-corrected chi connectivity index (χ0v) is 12.8. The van der Waals surface area contributed by atoms with Gasteiger partial charge in [-0.25, -0.2) is 4.98 Å². The number of rotatable bonds is 6. The molecular formula is C15H24N4O2. The molecule has 0 bridgehead atoms. The van der Waals surface area contributed by atoms with E-state index in [1.54, 1.807) is 0 Å². The van der Waals surface area contributed by atoms with Gasteiger partial charge in [0.05, 0.1) is 17.3 Å². The number of aryl methyl sites for hydroxylation is 2. The van der Waals surface area contributed by atoms with Gasteiger partial charge in [-0.2, -0.15) is 5.10 Å². The van der Waals surface area contributed by atoms with E-state index >= 15 is 0 Å². The maximum Gasteiger partial charge on any atom is 0.306 e. The van der Waals surface area contributed by atoms with Crippen LogP contribution in [0.15, 0.2) is 0 Å². The van der Waals surface area contributed by atoms with Crippen LogP contribution >= 0.6 is 0 Å². The molecule has 0 amide bonds. The summed E-state index contributed by atoms with van der Waals surface area (Å²) in [6.07, 6.45) is 5.49. The van der Waals surface area contributed by atoms with Crippen molar-refractivity contribution in [2.24, 2.45) is 11.8 Å². The van der Waals surface area contributed by atoms with Crippen LogP contribution in [0.25, 0.3) is 0 Å². The number of hydrogen-bond donors (Lipinski definition) is 2. The van der Waals surface area contributed by atoms with E-state index in [9.17, 15) is 9.90 Å². The molecule has 2 rings (SSSR count). The van der Waals surface area contributed by atoms with Crippen molar-refractivity contribution in [2.75, 3.05) is 11.9 Å². The lowest BCUT2D eigenvalue weighted by molar-refractivity contribution is -0.144. The summed E-state index contributed by atoms with van der Waals surface area (Å²) >= 11 is 0. The zero-order valence-electron chi connectivity index (χ0n) is 12.8. The van der Waals surface area contributed by atoms with Gasteiger partial charge in [0.15, 0.2) is 0 Å². The van der Waals surface area contributed by atoms with Gasteiger partial charge >= 0.3 is 5.97 Å². The summed E-state index contributed by atoms with van der Waals surface area (Å²) in [4.78, 5) is 15.8. The minimum Gasteiger partial charge on any atom is -0.481 e. The SMILES string of the molecule is CCc1nnc(NCC2CCCCC2C(=O)O)nc1CC. The fourth-order valence-electron chi connectivity index (χ4n) is 3.01. The first-order chi connectivity index (χ1) is 10.2. The largest absolute Gasteiger partial charge is 0.481 e. The maximum absolute atomic E-state index is 11.3. The summed E-state index contributed by atoms with van der Waals surface area (Å²) in [5, 5.41) is 20.7. The van der Waals surface area contributed by atoms with Gasteiger partial charge in [0.25, 0.3) is 0 Å². The lowest BCUT2D eigenvalue weighted by atomic mass is 9.79. The molecule has 21 heavy (non-hydrogen) atoms. The van der Waals surface area contributed by atoms with Gasteiger partial charge in [-0.1, -0.05) is 26.7 Å². The average Bonchev–Trinajstić information content (AvgIpc) is 2.52. The Morgan fingerprint density at radius 3 is 2.57 bits per heavy atom. The Bertz CT molecular complexity index is 493. The average molecular weight is 292 g/mol. The Hall–Kier alpha value is -1.72. The van der Waals surface area contributed by atoms with Crippen molar-refractivity contribution in [3.8, 4) is 0 Å². The van der Waals surface area contributed by atoms with Crippen molar-refractivity contribution in [2.45, 2.75) is 52.4 Å². The fraction of sp³-hybridized carbons (Fsp3) is 0.733. The lowest BCUT2D eigenvalue weighted by Crippen LogP contribution is -2.32. The van der Waals surface area contributed by atoms with E-state index in [2.05, 4.69) is 27.4 Å². The Kier molecular flexibility index (Phi) is 5.47. The predicted molar refractivity (Wildman–Crippen MR) is 80.2 cm³/mol. The van der Waals surface area contributed by atoms with Crippen LogP contribution in [0.3, 0.4) is 0 Å². The maximum atomic E-state index is 11.3. The summed E-state index contributed by atoms with van der Waals surface area (Å²) in [6.45, 7) is 4.69. The third kappa shape index (κ3) is 3.89. The molecule has 1 heterocycles. The highest BCUT2D eigenvalue weighted by Crippen LogP contribution is 2.30. The Balaban J connectivity index is 2.00. The molecule has 2 atom stereocenters. The van der Waals surface area contributed by atoms with E-state index in [0.717, 1.165) is 49.9 Å². The lowest BCUT2D eigenvalue weighted by Gasteiger charge is -2.28. The Labute approximate surface area is 125 Å². The van der Waals surface area contributed by atoms with E-state index in [0.29, 0.717) is 12.5 Å². The smallest absolute Gasteiger partial charge is 0.306 e. The highest BCUT2D eigenvalue weighted by molar-refractivity contribution is 5.70. The first kappa shape index (κ1) is 15.7. The van der Waals surface area contributed by atoms with Crippen molar-refractivity contribution in [1.29, 1.82) is 0 Å². The highest BCUT2D eigenvalue weighted by atomic mass is 16.4. The van der Waals surface area contributed by atoms with Gasteiger partial charge in [-0.3, -0.25) is 4.79 Å². The summed E-state index contributed by atoms with van der Waals surface area (Å²) in [6, 6.07) is 0. The van der Waals surface area contributed by atoms with Crippen LogP contribution in [-0.2, 0) is 17.6 Å². The molecule has 0 spiro atoms. The van der Waals surface area contributed by atoms with Crippen LogP contribution in [0.2, 0.25) is 0 Å². The Morgan fingerprint density at radius 1 is 1.19 bits per heavy atom. The molecule has 116 valence electrons. The quantitative estimate of drug-likeness (QED) is 0.836. The van der Waals surface area contributed by atoms with Crippen molar-refractivity contribution >= 4 is 11.9 Å². The number of aromatic nitrogens is 3. The number of carbonyl (C=O) groups is 1. The van der Waals surface area contributed by atoms with Crippen LogP contribution in [-0.4, -0.2) is 32.8 Å². The van der Waals surface area contributed by atoms with Crippen molar-refractivity contribution in [3.05, 3.63) is 11.4 Å². The molecule has 1 saturated carbocycles. The minimum absolute atomic E-state index is 0.149. The number of carboxylic acid groups (broad SMARTS) is 1. The van der Waals surface area contributed by atoms with Crippen molar-refractivity contribution in [1.82, 2.24) is 15.2 Å². The topological polar surface area (TPSA) is 88.0 Å². The Morgan fingerprint density at radius 2 is 1.90 bits per heavy atom. The second-order valence-electron chi connectivity index (χ2n) is 5.61. The number of hydrogen-bond acceptors (Lipinski definition) is 5. The number of anilines is 1. The van der Waals surface area contributed by atoms with Gasteiger partial charge < -0.3 is 10.4 Å². The number of nitrogens with zero attached hydrogens (tertiary/aromatic N) is 3. The normalized spacial score (nSPS) is 22.0. The predicted octanol–water partition coefficient (Wildman–Crippen LogP) is 2.30. The molecule has 0 saturated heterocycles. The molecule has 6 nitrogen and oxygen atoms in total. The van der Waals surface area contributed by atoms with E-state index < -0.39 is 5.97 Å². The van der Waals surface area contributed by atoms with E-state index in [-0.39, 0.29) is 11.8 Å². The first-order valence-electron chi connectivity index (χ1n) is 7.84. The van der Waals surface area contributed by atoms with Crippen molar-refractivity contribution < 1.29 is 9.90 Å². The molecule has 1 aliphatic rings. The molecule has 2 N–H and O–H groups in total. The fourth-order valence-corrected chi connectivity index (χ4v) is 3.01. The molecule has 1 aromatic heterocycles. The third-order valence-electron chi connectivity index (χ3n) is 4.26. The molecule has 2 unspecified atom stereocenters. The molecular weight excluding hydrogens is 268 g/mol. The summed E-state index contributed by atoms with van der Waals surface area (Å²) in [7, 11) is 0. The number of carboxylic acids is 1. The summed E-state index contributed by atoms with van der Waals surface area (Å²) < 4.78 is 0. The molecule has 1 aliphatic carbocycles. The molecule has 6 heteroatoms. The first-order valence-corrected chi connectivity index (χ1v) is 7.84. The van der Waals surface area contributed by atoms with Gasteiger partial charge in [-0.05, 0) is 31.6 Å². The molecule has 1 aromatic rings. The van der Waals surface area contributed by atoms with Crippen LogP contribution in [0, 0.1) is 11.8 Å². The minimum atomic E-state index is -0.684. The third-order valence-corrected chi connectivity index (χ3v) is 4.26. The molecule has 0 aromatic carbocycles. The van der Waals surface area contributed by atoms with Crippen LogP contribution in [0.1, 0.15) is 50.9 Å². The van der Waals surface area contributed by atoms with Crippen LogP contribution < -0.4 is 5.32 Å².